The normalized spacial score (nSPS) is 14.0. The molecule has 0 saturated carbocycles. The van der Waals surface area contributed by atoms with Crippen LogP contribution in [0.2, 0.25) is 0 Å². The number of rotatable bonds is 3. The number of halogens is 3. The summed E-state index contributed by atoms with van der Waals surface area (Å²) in [5.74, 6) is -1.12. The Kier molecular flexibility index (Phi) is 4.47. The minimum atomic E-state index is -4.69. The van der Waals surface area contributed by atoms with Crippen molar-refractivity contribution in [2.45, 2.75) is 46.4 Å². The van der Waals surface area contributed by atoms with Crippen LogP contribution in [0.1, 0.15) is 32.0 Å². The number of carbonyl (C=O) groups is 1. The van der Waals surface area contributed by atoms with Gasteiger partial charge in [-0.15, -0.1) is 0 Å². The quantitative estimate of drug-likeness (QED) is 0.867. The topological polar surface area (TPSA) is 76.5 Å². The summed E-state index contributed by atoms with van der Waals surface area (Å²) in [5, 5.41) is 2.63. The molecule has 0 unspecified atom stereocenters. The Morgan fingerprint density at radius 1 is 1.38 bits per heavy atom. The summed E-state index contributed by atoms with van der Waals surface area (Å²) >= 11 is 0. The van der Waals surface area contributed by atoms with Gasteiger partial charge in [0.25, 0.3) is 5.56 Å². The number of nitrogens with zero attached hydrogens (tertiary/aromatic N) is 2. The smallest absolute Gasteiger partial charge is 0.426 e. The average molecular weight is 345 g/mol. The van der Waals surface area contributed by atoms with E-state index in [0.717, 1.165) is 4.52 Å². The van der Waals surface area contributed by atoms with E-state index >= 15 is 0 Å². The number of esters is 1. The van der Waals surface area contributed by atoms with Gasteiger partial charge < -0.3 is 4.74 Å². The minimum Gasteiger partial charge on any atom is -0.452 e. The zero-order chi connectivity index (χ0) is 18.3. The van der Waals surface area contributed by atoms with Crippen molar-refractivity contribution in [2.24, 2.45) is 5.41 Å². The Morgan fingerprint density at radius 2 is 2.00 bits per heavy atom. The Bertz CT molecular complexity index is 801. The Balaban J connectivity index is 2.28. The van der Waals surface area contributed by atoms with Crippen molar-refractivity contribution >= 4 is 11.6 Å². The maximum atomic E-state index is 13.1. The first-order valence-electron chi connectivity index (χ1n) is 7.23. The number of aromatic amines is 1. The molecule has 0 bridgehead atoms. The number of ether oxygens (including phenoxy) is 1. The molecule has 132 valence electrons. The van der Waals surface area contributed by atoms with E-state index in [-0.39, 0.29) is 11.3 Å². The lowest BCUT2D eigenvalue weighted by Crippen LogP contribution is -2.44. The average Bonchev–Trinajstić information content (AvgIpc) is 2.86. The van der Waals surface area contributed by atoms with Crippen LogP contribution in [-0.4, -0.2) is 32.8 Å². The third-order valence-corrected chi connectivity index (χ3v) is 3.50. The summed E-state index contributed by atoms with van der Waals surface area (Å²) in [6.07, 6.45) is -6.05. The van der Waals surface area contributed by atoms with Crippen molar-refractivity contribution in [1.29, 1.82) is 0 Å². The van der Waals surface area contributed by atoms with E-state index in [2.05, 4.69) is 14.8 Å². The highest BCUT2D eigenvalue weighted by atomic mass is 19.4. The molecular weight excluding hydrogens is 327 g/mol. The number of fused-ring (bicyclic) bond motifs is 1. The van der Waals surface area contributed by atoms with Crippen molar-refractivity contribution in [3.63, 3.8) is 0 Å². The number of nitrogens with one attached hydrogen (secondary N) is 1. The van der Waals surface area contributed by atoms with Gasteiger partial charge in [-0.1, -0.05) is 20.8 Å². The van der Waals surface area contributed by atoms with Crippen LogP contribution in [0.5, 0.6) is 0 Å². The molecule has 2 aromatic heterocycles. The lowest BCUT2D eigenvalue weighted by molar-refractivity contribution is -0.244. The molecule has 9 heteroatoms. The van der Waals surface area contributed by atoms with Gasteiger partial charge in [0.1, 0.15) is 0 Å². The predicted molar refractivity (Wildman–Crippen MR) is 79.6 cm³/mol. The van der Waals surface area contributed by atoms with Gasteiger partial charge >= 0.3 is 12.1 Å². The van der Waals surface area contributed by atoms with Crippen molar-refractivity contribution in [3.05, 3.63) is 33.9 Å². The lowest BCUT2D eigenvalue weighted by atomic mass is 9.88. The van der Waals surface area contributed by atoms with Gasteiger partial charge in [0.05, 0.1) is 12.0 Å². The standard InChI is InChI=1S/C15H18F3N3O3/c1-8-9(12(23)21-10(20-8)5-6-19-21)7-11(22)24-13(14(2,3)4)15(16,17)18/h5-6,13,19H,7H2,1-4H3/t13-/m1/s1. The molecule has 1 N–H and O–H groups in total. The third-order valence-electron chi connectivity index (χ3n) is 3.50. The monoisotopic (exact) mass is 345 g/mol. The Labute approximate surface area is 135 Å². The highest BCUT2D eigenvalue weighted by Crippen LogP contribution is 2.36. The van der Waals surface area contributed by atoms with Crippen LogP contribution < -0.4 is 5.56 Å². The molecule has 0 aliphatic rings. The molecule has 0 radical (unpaired) electrons. The van der Waals surface area contributed by atoms with Gasteiger partial charge in [0.15, 0.2) is 5.65 Å². The Hall–Kier alpha value is -2.32. The maximum Gasteiger partial charge on any atom is 0.426 e. The zero-order valence-electron chi connectivity index (χ0n) is 13.7. The van der Waals surface area contributed by atoms with E-state index < -0.39 is 35.6 Å². The molecular formula is C15H18F3N3O3. The number of alkyl halides is 3. The van der Waals surface area contributed by atoms with E-state index in [1.54, 1.807) is 6.07 Å². The number of H-pyrrole nitrogens is 1. The fraction of sp³-hybridized carbons (Fsp3) is 0.533. The predicted octanol–water partition coefficient (Wildman–Crippen LogP) is 2.39. The molecule has 0 aliphatic heterocycles. The summed E-state index contributed by atoms with van der Waals surface area (Å²) in [4.78, 5) is 28.4. The number of aromatic nitrogens is 3. The van der Waals surface area contributed by atoms with Crippen LogP contribution in [0, 0.1) is 12.3 Å². The van der Waals surface area contributed by atoms with Crippen molar-refractivity contribution < 1.29 is 22.7 Å². The second-order valence-electron chi connectivity index (χ2n) is 6.59. The molecule has 2 heterocycles. The highest BCUT2D eigenvalue weighted by molar-refractivity contribution is 5.73. The van der Waals surface area contributed by atoms with E-state index in [0.29, 0.717) is 5.65 Å². The number of hydrogen-bond donors (Lipinski definition) is 1. The Morgan fingerprint density at radius 3 is 2.54 bits per heavy atom. The lowest BCUT2D eigenvalue weighted by Gasteiger charge is -2.31. The van der Waals surface area contributed by atoms with Crippen molar-refractivity contribution in [2.75, 3.05) is 0 Å². The first-order valence-corrected chi connectivity index (χ1v) is 7.23. The second-order valence-corrected chi connectivity index (χ2v) is 6.59. The summed E-state index contributed by atoms with van der Waals surface area (Å²) in [7, 11) is 0. The number of aryl methyl sites for hydroxylation is 1. The van der Waals surface area contributed by atoms with Gasteiger partial charge in [0.2, 0.25) is 6.10 Å². The summed E-state index contributed by atoms with van der Waals surface area (Å²) in [5.41, 5.74) is -1.23. The van der Waals surface area contributed by atoms with E-state index in [1.165, 1.54) is 33.9 Å². The first kappa shape index (κ1) is 18.0. The SMILES string of the molecule is Cc1nc2cc[nH]n2c(=O)c1CC(=O)O[C@H](C(C)(C)C)C(F)(F)F. The van der Waals surface area contributed by atoms with Crippen LogP contribution >= 0.6 is 0 Å². The number of carbonyl (C=O) groups excluding carboxylic acids is 1. The molecule has 0 spiro atoms. The zero-order valence-corrected chi connectivity index (χ0v) is 13.7. The van der Waals surface area contributed by atoms with Crippen LogP contribution in [0.3, 0.4) is 0 Å². The van der Waals surface area contributed by atoms with Gasteiger partial charge in [-0.05, 0) is 6.92 Å². The fourth-order valence-electron chi connectivity index (χ4n) is 2.36. The number of hydrogen-bond acceptors (Lipinski definition) is 4. The minimum absolute atomic E-state index is 0.00483. The molecule has 0 aliphatic carbocycles. The van der Waals surface area contributed by atoms with Gasteiger partial charge in [-0.25, -0.2) is 9.50 Å². The molecule has 2 aromatic rings. The third kappa shape index (κ3) is 3.60. The van der Waals surface area contributed by atoms with E-state index in [1.807, 2.05) is 0 Å². The fourth-order valence-corrected chi connectivity index (χ4v) is 2.36. The highest BCUT2D eigenvalue weighted by Gasteiger charge is 2.50. The van der Waals surface area contributed by atoms with Gasteiger partial charge in [-0.3, -0.25) is 14.7 Å². The van der Waals surface area contributed by atoms with Gasteiger partial charge in [-0.2, -0.15) is 13.2 Å². The molecule has 6 nitrogen and oxygen atoms in total. The molecule has 0 amide bonds. The summed E-state index contributed by atoms with van der Waals surface area (Å²) in [6, 6.07) is 1.57. The van der Waals surface area contributed by atoms with Gasteiger partial charge in [0, 0.05) is 23.4 Å². The second kappa shape index (κ2) is 5.95. The van der Waals surface area contributed by atoms with E-state index in [9.17, 15) is 22.8 Å². The van der Waals surface area contributed by atoms with Crippen molar-refractivity contribution in [1.82, 2.24) is 14.6 Å². The molecule has 2 rings (SSSR count). The van der Waals surface area contributed by atoms with Crippen LogP contribution in [0.15, 0.2) is 17.1 Å². The van der Waals surface area contributed by atoms with Crippen LogP contribution in [-0.2, 0) is 16.0 Å². The molecule has 1 atom stereocenters. The molecule has 0 aromatic carbocycles. The molecule has 0 fully saturated rings. The maximum absolute atomic E-state index is 13.1. The first-order chi connectivity index (χ1) is 10.9. The molecule has 24 heavy (non-hydrogen) atoms. The van der Waals surface area contributed by atoms with Crippen molar-refractivity contribution in [3.8, 4) is 0 Å². The largest absolute Gasteiger partial charge is 0.452 e. The van der Waals surface area contributed by atoms with Crippen LogP contribution in [0.4, 0.5) is 13.2 Å². The molecule has 0 saturated heterocycles. The van der Waals surface area contributed by atoms with E-state index in [4.69, 9.17) is 0 Å². The summed E-state index contributed by atoms with van der Waals surface area (Å²) < 4.78 is 45.0. The van der Waals surface area contributed by atoms with Crippen LogP contribution in [0.25, 0.3) is 5.65 Å². The summed E-state index contributed by atoms with van der Waals surface area (Å²) in [6.45, 7) is 5.49.